The molecule has 1 atom stereocenters. The standard InChI is InChI=1S/C16H38N4O3/c1-3-22-13-5-6-17-7-8-18-9-10-19-11-12-20-14-16(21)15-23-4-2/h16-21H,3-15H2,1-2H3. The van der Waals surface area contributed by atoms with Gasteiger partial charge in [-0.15, -0.1) is 0 Å². The van der Waals surface area contributed by atoms with E-state index in [-0.39, 0.29) is 0 Å². The molecule has 0 rings (SSSR count). The quantitative estimate of drug-likeness (QED) is 0.197. The molecule has 0 spiro atoms. The second-order valence-corrected chi connectivity index (χ2v) is 5.32. The Balaban J connectivity index is 3.02. The second kappa shape index (κ2) is 19.8. The summed E-state index contributed by atoms with van der Waals surface area (Å²) in [7, 11) is 0. The van der Waals surface area contributed by atoms with Crippen LogP contribution in [0.15, 0.2) is 0 Å². The Morgan fingerprint density at radius 2 is 1.26 bits per heavy atom. The first-order valence-corrected chi connectivity index (χ1v) is 8.97. The van der Waals surface area contributed by atoms with Gasteiger partial charge in [-0.1, -0.05) is 0 Å². The summed E-state index contributed by atoms with van der Waals surface area (Å²) in [6, 6.07) is 0. The van der Waals surface area contributed by atoms with E-state index in [1.165, 1.54) is 0 Å². The Bertz CT molecular complexity index is 224. The molecule has 0 saturated heterocycles. The first-order valence-electron chi connectivity index (χ1n) is 8.97. The van der Waals surface area contributed by atoms with E-state index >= 15 is 0 Å². The first kappa shape index (κ1) is 22.7. The fourth-order valence-electron chi connectivity index (χ4n) is 1.93. The van der Waals surface area contributed by atoms with Crippen LogP contribution in [-0.2, 0) is 9.47 Å². The molecule has 0 aliphatic carbocycles. The molecule has 5 N–H and O–H groups in total. The van der Waals surface area contributed by atoms with E-state index in [1.807, 2.05) is 13.8 Å². The van der Waals surface area contributed by atoms with Crippen molar-refractivity contribution in [2.24, 2.45) is 0 Å². The molecule has 7 nitrogen and oxygen atoms in total. The number of aliphatic hydroxyl groups excluding tert-OH is 1. The molecule has 0 aromatic heterocycles. The average molecular weight is 335 g/mol. The van der Waals surface area contributed by atoms with Crippen molar-refractivity contribution in [2.45, 2.75) is 26.4 Å². The molecule has 0 fully saturated rings. The fourth-order valence-corrected chi connectivity index (χ4v) is 1.93. The number of rotatable bonds is 19. The highest BCUT2D eigenvalue weighted by atomic mass is 16.5. The van der Waals surface area contributed by atoms with Crippen LogP contribution < -0.4 is 21.3 Å². The SMILES string of the molecule is CCOCCCNCCNCCNCCNCC(O)COCC. The minimum atomic E-state index is -0.419. The number of nitrogens with one attached hydrogen (secondary N) is 4. The number of ether oxygens (including phenoxy) is 2. The second-order valence-electron chi connectivity index (χ2n) is 5.32. The van der Waals surface area contributed by atoms with E-state index in [1.54, 1.807) is 0 Å². The van der Waals surface area contributed by atoms with Crippen molar-refractivity contribution >= 4 is 0 Å². The van der Waals surface area contributed by atoms with Crippen LogP contribution in [0.25, 0.3) is 0 Å². The van der Waals surface area contributed by atoms with Gasteiger partial charge in [0, 0.05) is 65.6 Å². The maximum atomic E-state index is 9.55. The maximum absolute atomic E-state index is 9.55. The first-order chi connectivity index (χ1) is 11.3. The summed E-state index contributed by atoms with van der Waals surface area (Å²) in [6.07, 6.45) is 0.652. The molecule has 7 heteroatoms. The highest BCUT2D eigenvalue weighted by Gasteiger charge is 2.01. The van der Waals surface area contributed by atoms with E-state index in [0.717, 1.165) is 65.4 Å². The molecule has 0 saturated carbocycles. The van der Waals surface area contributed by atoms with Crippen LogP contribution in [0.3, 0.4) is 0 Å². The van der Waals surface area contributed by atoms with Crippen LogP contribution in [0.1, 0.15) is 20.3 Å². The molecule has 0 radical (unpaired) electrons. The number of hydrogen-bond donors (Lipinski definition) is 5. The zero-order valence-electron chi connectivity index (χ0n) is 15.0. The highest BCUT2D eigenvalue weighted by Crippen LogP contribution is 1.82. The molecule has 0 heterocycles. The Morgan fingerprint density at radius 1 is 0.739 bits per heavy atom. The van der Waals surface area contributed by atoms with Crippen molar-refractivity contribution in [2.75, 3.05) is 78.8 Å². The van der Waals surface area contributed by atoms with Gasteiger partial charge in [0.25, 0.3) is 0 Å². The molecule has 0 aliphatic heterocycles. The Morgan fingerprint density at radius 3 is 1.83 bits per heavy atom. The van der Waals surface area contributed by atoms with Crippen molar-refractivity contribution in [3.8, 4) is 0 Å². The average Bonchev–Trinajstić information content (AvgIpc) is 2.56. The van der Waals surface area contributed by atoms with E-state index in [4.69, 9.17) is 9.47 Å². The summed E-state index contributed by atoms with van der Waals surface area (Å²) in [5.41, 5.74) is 0. The van der Waals surface area contributed by atoms with Gasteiger partial charge in [0.05, 0.1) is 12.7 Å². The monoisotopic (exact) mass is 334 g/mol. The lowest BCUT2D eigenvalue weighted by Crippen LogP contribution is -2.37. The molecule has 0 aromatic carbocycles. The largest absolute Gasteiger partial charge is 0.389 e. The van der Waals surface area contributed by atoms with Gasteiger partial charge < -0.3 is 35.8 Å². The van der Waals surface area contributed by atoms with Gasteiger partial charge in [0.2, 0.25) is 0 Å². The van der Waals surface area contributed by atoms with Crippen molar-refractivity contribution in [3.63, 3.8) is 0 Å². The molecule has 0 aliphatic rings. The summed E-state index contributed by atoms with van der Waals surface area (Å²) in [6.45, 7) is 13.9. The number of aliphatic hydroxyl groups is 1. The predicted molar refractivity (Wildman–Crippen MR) is 95.1 cm³/mol. The summed E-state index contributed by atoms with van der Waals surface area (Å²) >= 11 is 0. The molecular formula is C16H38N4O3. The van der Waals surface area contributed by atoms with Gasteiger partial charge >= 0.3 is 0 Å². The van der Waals surface area contributed by atoms with Gasteiger partial charge in [0.15, 0.2) is 0 Å². The third-order valence-electron chi connectivity index (χ3n) is 3.18. The Labute approximate surface area is 141 Å². The topological polar surface area (TPSA) is 86.8 Å². The summed E-state index contributed by atoms with van der Waals surface area (Å²) in [4.78, 5) is 0. The molecule has 140 valence electrons. The van der Waals surface area contributed by atoms with Gasteiger partial charge in [-0.2, -0.15) is 0 Å². The van der Waals surface area contributed by atoms with Crippen LogP contribution in [0.4, 0.5) is 0 Å². The fraction of sp³-hybridized carbons (Fsp3) is 1.00. The van der Waals surface area contributed by atoms with Gasteiger partial charge in [-0.05, 0) is 26.8 Å². The van der Waals surface area contributed by atoms with Crippen LogP contribution in [0, 0.1) is 0 Å². The smallest absolute Gasteiger partial charge is 0.0897 e. The van der Waals surface area contributed by atoms with Gasteiger partial charge in [-0.25, -0.2) is 0 Å². The molecule has 1 unspecified atom stereocenters. The highest BCUT2D eigenvalue weighted by molar-refractivity contribution is 4.60. The molecule has 0 aromatic rings. The number of hydrogen-bond acceptors (Lipinski definition) is 7. The lowest BCUT2D eigenvalue weighted by Gasteiger charge is -2.12. The summed E-state index contributed by atoms with van der Waals surface area (Å²) < 4.78 is 10.4. The van der Waals surface area contributed by atoms with Crippen LogP contribution in [0.2, 0.25) is 0 Å². The van der Waals surface area contributed by atoms with Crippen LogP contribution in [-0.4, -0.2) is 90.0 Å². The third-order valence-corrected chi connectivity index (χ3v) is 3.18. The Hall–Kier alpha value is -0.280. The van der Waals surface area contributed by atoms with E-state index in [9.17, 15) is 5.11 Å². The van der Waals surface area contributed by atoms with E-state index in [0.29, 0.717) is 19.8 Å². The molecular weight excluding hydrogens is 296 g/mol. The lowest BCUT2D eigenvalue weighted by atomic mass is 10.4. The summed E-state index contributed by atoms with van der Waals surface area (Å²) in [5, 5.41) is 22.9. The van der Waals surface area contributed by atoms with Crippen molar-refractivity contribution < 1.29 is 14.6 Å². The zero-order valence-corrected chi connectivity index (χ0v) is 15.0. The van der Waals surface area contributed by atoms with Crippen molar-refractivity contribution in [1.82, 2.24) is 21.3 Å². The van der Waals surface area contributed by atoms with Crippen LogP contribution >= 0.6 is 0 Å². The van der Waals surface area contributed by atoms with Gasteiger partial charge in [0.1, 0.15) is 0 Å². The Kier molecular flexibility index (Phi) is 19.5. The maximum Gasteiger partial charge on any atom is 0.0897 e. The van der Waals surface area contributed by atoms with Gasteiger partial charge in [-0.3, -0.25) is 0 Å². The third kappa shape index (κ3) is 19.7. The van der Waals surface area contributed by atoms with Crippen LogP contribution in [0.5, 0.6) is 0 Å². The molecule has 23 heavy (non-hydrogen) atoms. The normalized spacial score (nSPS) is 12.7. The molecule has 0 amide bonds. The minimum absolute atomic E-state index is 0.403. The van der Waals surface area contributed by atoms with E-state index in [2.05, 4.69) is 21.3 Å². The molecule has 0 bridgehead atoms. The van der Waals surface area contributed by atoms with E-state index < -0.39 is 6.10 Å². The summed E-state index contributed by atoms with van der Waals surface area (Å²) in [5.74, 6) is 0. The van der Waals surface area contributed by atoms with Crippen molar-refractivity contribution in [1.29, 1.82) is 0 Å². The lowest BCUT2D eigenvalue weighted by molar-refractivity contribution is 0.0430. The van der Waals surface area contributed by atoms with Crippen molar-refractivity contribution in [3.05, 3.63) is 0 Å². The predicted octanol–water partition coefficient (Wildman–Crippen LogP) is -0.831. The zero-order chi connectivity index (χ0) is 17.0. The minimum Gasteiger partial charge on any atom is -0.389 e.